The third kappa shape index (κ3) is 4.36. The van der Waals surface area contributed by atoms with Crippen molar-refractivity contribution in [2.75, 3.05) is 6.54 Å². The van der Waals surface area contributed by atoms with Gasteiger partial charge in [0.1, 0.15) is 11.8 Å². The molecule has 1 aliphatic rings. The van der Waals surface area contributed by atoms with E-state index in [4.69, 9.17) is 4.52 Å². The third-order valence-electron chi connectivity index (χ3n) is 4.84. The number of hydrogen-bond acceptors (Lipinski definition) is 6. The topological polar surface area (TPSA) is 119 Å². The Balaban J connectivity index is 1.62. The maximum atomic E-state index is 12.7. The van der Waals surface area contributed by atoms with Gasteiger partial charge in [-0.2, -0.15) is 0 Å². The van der Waals surface area contributed by atoms with Gasteiger partial charge < -0.3 is 14.7 Å². The highest BCUT2D eigenvalue weighted by atomic mass is 16.6. The molecule has 1 aliphatic heterocycles. The minimum absolute atomic E-state index is 0.00232. The first-order chi connectivity index (χ1) is 13.3. The molecule has 0 aliphatic carbocycles. The van der Waals surface area contributed by atoms with Crippen LogP contribution in [0.5, 0.6) is 0 Å². The average molecular weight is 386 g/mol. The summed E-state index contributed by atoms with van der Waals surface area (Å²) in [7, 11) is 0. The van der Waals surface area contributed by atoms with E-state index >= 15 is 0 Å². The minimum atomic E-state index is -0.531. The monoisotopic (exact) mass is 386 g/mol. The number of nitro benzene ring substituents is 1. The van der Waals surface area contributed by atoms with E-state index in [1.165, 1.54) is 12.1 Å². The lowest BCUT2D eigenvalue weighted by Crippen LogP contribution is -2.47. The van der Waals surface area contributed by atoms with Crippen molar-refractivity contribution in [3.63, 3.8) is 0 Å². The van der Waals surface area contributed by atoms with Gasteiger partial charge in [0, 0.05) is 24.7 Å². The summed E-state index contributed by atoms with van der Waals surface area (Å²) in [5, 5.41) is 17.4. The number of aromatic nitrogens is 1. The molecule has 3 rings (SSSR count). The largest absolute Gasteiger partial charge is 0.361 e. The standard InChI is InChI=1S/C19H22N4O5/c1-12-10-16(28-21-12)11-18(24)22-9-3-4-17(22)19(25)20-13(2)14-5-7-15(8-6-14)23(26)27/h5-8,10,13,17H,3-4,9,11H2,1-2H3,(H,20,25). The summed E-state index contributed by atoms with van der Waals surface area (Å²) in [4.78, 5) is 37.2. The van der Waals surface area contributed by atoms with E-state index in [9.17, 15) is 19.7 Å². The van der Waals surface area contributed by atoms with Crippen LogP contribution in [0.3, 0.4) is 0 Å². The highest BCUT2D eigenvalue weighted by Crippen LogP contribution is 2.22. The molecule has 0 spiro atoms. The van der Waals surface area contributed by atoms with Crippen molar-refractivity contribution in [1.29, 1.82) is 0 Å². The molecule has 28 heavy (non-hydrogen) atoms. The first-order valence-corrected chi connectivity index (χ1v) is 9.11. The normalized spacial score (nSPS) is 17.4. The highest BCUT2D eigenvalue weighted by molar-refractivity contribution is 5.89. The molecule has 1 aromatic carbocycles. The van der Waals surface area contributed by atoms with E-state index in [-0.39, 0.29) is 30.0 Å². The van der Waals surface area contributed by atoms with Gasteiger partial charge in [-0.15, -0.1) is 0 Å². The van der Waals surface area contributed by atoms with Crippen molar-refractivity contribution >= 4 is 17.5 Å². The van der Waals surface area contributed by atoms with Gasteiger partial charge in [-0.25, -0.2) is 0 Å². The molecule has 2 aromatic rings. The Hall–Kier alpha value is -3.23. The van der Waals surface area contributed by atoms with Crippen LogP contribution in [0.2, 0.25) is 0 Å². The van der Waals surface area contributed by atoms with Crippen LogP contribution >= 0.6 is 0 Å². The van der Waals surface area contributed by atoms with E-state index in [1.807, 2.05) is 0 Å². The van der Waals surface area contributed by atoms with E-state index < -0.39 is 11.0 Å². The zero-order valence-corrected chi connectivity index (χ0v) is 15.8. The van der Waals surface area contributed by atoms with E-state index in [0.717, 1.165) is 12.0 Å². The summed E-state index contributed by atoms with van der Waals surface area (Å²) in [6, 6.07) is 6.89. The SMILES string of the molecule is Cc1cc(CC(=O)N2CCCC2C(=O)NC(C)c2ccc([N+](=O)[O-])cc2)on1. The van der Waals surface area contributed by atoms with Gasteiger partial charge in [0.25, 0.3) is 5.69 Å². The number of carbonyl (C=O) groups is 2. The number of hydrogen-bond donors (Lipinski definition) is 1. The lowest BCUT2D eigenvalue weighted by Gasteiger charge is -2.25. The second-order valence-electron chi connectivity index (χ2n) is 6.94. The van der Waals surface area contributed by atoms with Crippen LogP contribution in [0.4, 0.5) is 5.69 Å². The number of nitrogens with one attached hydrogen (secondary N) is 1. The molecule has 9 nitrogen and oxygen atoms in total. The lowest BCUT2D eigenvalue weighted by molar-refractivity contribution is -0.384. The van der Waals surface area contributed by atoms with Crippen LogP contribution in [-0.4, -0.2) is 39.4 Å². The summed E-state index contributed by atoms with van der Waals surface area (Å²) in [6.07, 6.45) is 1.42. The van der Waals surface area contributed by atoms with Crippen molar-refractivity contribution in [2.45, 2.75) is 45.2 Å². The fourth-order valence-corrected chi connectivity index (χ4v) is 3.37. The molecule has 2 unspecified atom stereocenters. The number of benzene rings is 1. The fraction of sp³-hybridized carbons (Fsp3) is 0.421. The fourth-order valence-electron chi connectivity index (χ4n) is 3.37. The van der Waals surface area contributed by atoms with Gasteiger partial charge in [-0.1, -0.05) is 17.3 Å². The Labute approximate surface area is 161 Å². The van der Waals surface area contributed by atoms with Gasteiger partial charge in [-0.05, 0) is 32.3 Å². The number of non-ortho nitro benzene ring substituents is 1. The molecule has 9 heteroatoms. The van der Waals surface area contributed by atoms with Gasteiger partial charge in [0.05, 0.1) is 23.1 Å². The third-order valence-corrected chi connectivity index (χ3v) is 4.84. The maximum Gasteiger partial charge on any atom is 0.269 e. The quantitative estimate of drug-likeness (QED) is 0.601. The predicted octanol–water partition coefficient (Wildman–Crippen LogP) is 2.30. The van der Waals surface area contributed by atoms with E-state index in [0.29, 0.717) is 24.4 Å². The second-order valence-corrected chi connectivity index (χ2v) is 6.94. The Bertz CT molecular complexity index is 877. The molecule has 0 radical (unpaired) electrons. The molecule has 148 valence electrons. The van der Waals surface area contributed by atoms with Crippen LogP contribution in [-0.2, 0) is 16.0 Å². The summed E-state index contributed by atoms with van der Waals surface area (Å²) >= 11 is 0. The number of amides is 2. The van der Waals surface area contributed by atoms with Crippen LogP contribution in [0, 0.1) is 17.0 Å². The summed E-state index contributed by atoms with van der Waals surface area (Å²) in [5.74, 6) is 0.0787. The number of nitro groups is 1. The molecular formula is C19H22N4O5. The van der Waals surface area contributed by atoms with Crippen LogP contribution in [0.25, 0.3) is 0 Å². The Morgan fingerprint density at radius 2 is 2.11 bits per heavy atom. The summed E-state index contributed by atoms with van der Waals surface area (Å²) in [6.45, 7) is 4.11. The van der Waals surface area contributed by atoms with Crippen molar-refractivity contribution in [3.05, 3.63) is 57.5 Å². The number of rotatable bonds is 6. The maximum absolute atomic E-state index is 12.7. The molecule has 2 amide bonds. The Morgan fingerprint density at radius 1 is 1.39 bits per heavy atom. The smallest absolute Gasteiger partial charge is 0.269 e. The Morgan fingerprint density at radius 3 is 2.71 bits per heavy atom. The first kappa shape index (κ1) is 19.5. The van der Waals surface area contributed by atoms with Crippen LogP contribution in [0.15, 0.2) is 34.9 Å². The number of carbonyl (C=O) groups excluding carboxylic acids is 2. The molecular weight excluding hydrogens is 364 g/mol. The average Bonchev–Trinajstić information content (AvgIpc) is 3.30. The highest BCUT2D eigenvalue weighted by Gasteiger charge is 2.34. The molecule has 1 aromatic heterocycles. The second kappa shape index (κ2) is 8.20. The molecule has 0 saturated carbocycles. The van der Waals surface area contributed by atoms with Crippen LogP contribution in [0.1, 0.15) is 42.8 Å². The Kier molecular flexibility index (Phi) is 5.72. The summed E-state index contributed by atoms with van der Waals surface area (Å²) < 4.78 is 5.09. The van der Waals surface area contributed by atoms with Crippen LogP contribution < -0.4 is 5.32 Å². The molecule has 2 atom stereocenters. The molecule has 2 heterocycles. The van der Waals surface area contributed by atoms with Crippen molar-refractivity contribution in [2.24, 2.45) is 0 Å². The summed E-state index contributed by atoms with van der Waals surface area (Å²) in [5.41, 5.74) is 1.46. The van der Waals surface area contributed by atoms with E-state index in [1.54, 1.807) is 36.9 Å². The predicted molar refractivity (Wildman–Crippen MR) is 99.3 cm³/mol. The molecule has 1 saturated heterocycles. The van der Waals surface area contributed by atoms with Gasteiger partial charge in [0.2, 0.25) is 11.8 Å². The van der Waals surface area contributed by atoms with E-state index in [2.05, 4.69) is 10.5 Å². The minimum Gasteiger partial charge on any atom is -0.361 e. The van der Waals surface area contributed by atoms with Gasteiger partial charge in [0.15, 0.2) is 0 Å². The zero-order valence-electron chi connectivity index (χ0n) is 15.8. The number of aryl methyl sites for hydroxylation is 1. The van der Waals surface area contributed by atoms with Gasteiger partial charge >= 0.3 is 0 Å². The van der Waals surface area contributed by atoms with Crippen molar-refractivity contribution in [1.82, 2.24) is 15.4 Å². The molecule has 0 bridgehead atoms. The lowest BCUT2D eigenvalue weighted by atomic mass is 10.1. The number of nitrogens with zero attached hydrogens (tertiary/aromatic N) is 3. The van der Waals surface area contributed by atoms with Crippen molar-refractivity contribution in [3.8, 4) is 0 Å². The van der Waals surface area contributed by atoms with Crippen molar-refractivity contribution < 1.29 is 19.0 Å². The number of likely N-dealkylation sites (tertiary alicyclic amines) is 1. The van der Waals surface area contributed by atoms with Gasteiger partial charge in [-0.3, -0.25) is 19.7 Å². The first-order valence-electron chi connectivity index (χ1n) is 9.11. The molecule has 1 fully saturated rings. The zero-order chi connectivity index (χ0) is 20.3. The molecule has 1 N–H and O–H groups in total.